The number of hydrogen-bond acceptors (Lipinski definition) is 5. The van der Waals surface area contributed by atoms with Gasteiger partial charge in [0, 0.05) is 11.8 Å². The third kappa shape index (κ3) is 2.96. The van der Waals surface area contributed by atoms with E-state index in [0.717, 1.165) is 54.3 Å². The molecule has 6 heteroatoms. The Kier molecular flexibility index (Phi) is 4.28. The maximum Gasteiger partial charge on any atom is 0.193 e. The quantitative estimate of drug-likeness (QED) is 0.535. The largest absolute Gasteiger partial charge is 0.452 e. The summed E-state index contributed by atoms with van der Waals surface area (Å²) in [5.41, 5.74) is 5.14. The average molecular weight is 387 g/mol. The van der Waals surface area contributed by atoms with E-state index in [-0.39, 0.29) is 5.43 Å². The molecule has 29 heavy (non-hydrogen) atoms. The molecule has 0 unspecified atom stereocenters. The molecular formula is C23H23N4O2+. The first-order chi connectivity index (χ1) is 14.1. The summed E-state index contributed by atoms with van der Waals surface area (Å²) in [5.74, 6) is 1.44. The molecule has 1 aliphatic carbocycles. The number of para-hydroxylation sites is 2. The zero-order valence-electron chi connectivity index (χ0n) is 16.6. The molecule has 5 rings (SSSR count). The van der Waals surface area contributed by atoms with Crippen LogP contribution in [0.25, 0.3) is 33.7 Å². The molecule has 3 aliphatic rings. The van der Waals surface area contributed by atoms with E-state index in [9.17, 15) is 4.79 Å². The third-order valence-electron chi connectivity index (χ3n) is 5.80. The fourth-order valence-electron chi connectivity index (χ4n) is 4.02. The van der Waals surface area contributed by atoms with Crippen LogP contribution in [0.4, 0.5) is 5.82 Å². The number of nitrogens with zero attached hydrogens (tertiary/aromatic N) is 3. The van der Waals surface area contributed by atoms with E-state index in [2.05, 4.69) is 15.2 Å². The summed E-state index contributed by atoms with van der Waals surface area (Å²) in [6.07, 6.45) is 1.78. The second kappa shape index (κ2) is 6.97. The van der Waals surface area contributed by atoms with Gasteiger partial charge in [0.15, 0.2) is 16.8 Å². The predicted molar refractivity (Wildman–Crippen MR) is 113 cm³/mol. The normalized spacial score (nSPS) is 14.6. The fourth-order valence-corrected chi connectivity index (χ4v) is 4.02. The first-order valence-electron chi connectivity index (χ1n) is 9.99. The molecule has 1 fully saturated rings. The number of rotatable bonds is 2. The highest BCUT2D eigenvalue weighted by atomic mass is 16.3. The molecule has 0 amide bonds. The molecular weight excluding hydrogens is 364 g/mol. The van der Waals surface area contributed by atoms with Gasteiger partial charge in [-0.05, 0) is 49.2 Å². The van der Waals surface area contributed by atoms with Crippen molar-refractivity contribution in [1.29, 1.82) is 0 Å². The van der Waals surface area contributed by atoms with Gasteiger partial charge in [-0.2, -0.15) is 0 Å². The van der Waals surface area contributed by atoms with Gasteiger partial charge in [-0.25, -0.2) is 9.97 Å². The Morgan fingerprint density at radius 2 is 1.86 bits per heavy atom. The summed E-state index contributed by atoms with van der Waals surface area (Å²) in [7, 11) is 0. The van der Waals surface area contributed by atoms with Gasteiger partial charge < -0.3 is 14.6 Å². The number of quaternary nitrogens is 1. The number of pyridine rings is 1. The van der Waals surface area contributed by atoms with Crippen molar-refractivity contribution in [2.45, 2.75) is 13.8 Å². The van der Waals surface area contributed by atoms with E-state index in [4.69, 9.17) is 9.40 Å². The van der Waals surface area contributed by atoms with Gasteiger partial charge in [0.25, 0.3) is 0 Å². The first kappa shape index (κ1) is 17.8. The molecule has 2 aliphatic heterocycles. The fraction of sp³-hybridized carbons (Fsp3) is 0.261. The molecule has 1 aromatic carbocycles. The number of hydrogen-bond donors (Lipinski definition) is 1. The van der Waals surface area contributed by atoms with E-state index >= 15 is 0 Å². The van der Waals surface area contributed by atoms with Crippen LogP contribution in [0.15, 0.2) is 51.8 Å². The highest BCUT2D eigenvalue weighted by Gasteiger charge is 2.24. The molecule has 1 aromatic heterocycles. The van der Waals surface area contributed by atoms with E-state index in [1.165, 1.54) is 0 Å². The Morgan fingerprint density at radius 3 is 2.69 bits per heavy atom. The second-order valence-electron chi connectivity index (χ2n) is 7.57. The van der Waals surface area contributed by atoms with Crippen molar-refractivity contribution in [2.75, 3.05) is 31.1 Å². The highest BCUT2D eigenvalue weighted by molar-refractivity contribution is 5.86. The molecule has 0 atom stereocenters. The Hall–Kier alpha value is -3.25. The molecule has 3 heterocycles. The van der Waals surface area contributed by atoms with Gasteiger partial charge in [0.2, 0.25) is 0 Å². The average Bonchev–Trinajstić information content (AvgIpc) is 2.78. The molecule has 2 aromatic rings. The zero-order chi connectivity index (χ0) is 20.0. The van der Waals surface area contributed by atoms with Crippen molar-refractivity contribution in [3.63, 3.8) is 0 Å². The maximum atomic E-state index is 13.3. The second-order valence-corrected chi connectivity index (χ2v) is 7.57. The molecule has 0 bridgehead atoms. The van der Waals surface area contributed by atoms with Crippen molar-refractivity contribution < 1.29 is 9.73 Å². The number of piperazine rings is 1. The maximum absolute atomic E-state index is 13.3. The van der Waals surface area contributed by atoms with E-state index in [1.54, 1.807) is 6.20 Å². The van der Waals surface area contributed by atoms with E-state index < -0.39 is 0 Å². The van der Waals surface area contributed by atoms with E-state index in [1.807, 2.05) is 50.2 Å². The lowest BCUT2D eigenvalue weighted by Crippen LogP contribution is -2.89. The van der Waals surface area contributed by atoms with Crippen molar-refractivity contribution in [1.82, 2.24) is 9.97 Å². The summed E-state index contributed by atoms with van der Waals surface area (Å²) in [6.45, 7) is 7.80. The smallest absolute Gasteiger partial charge is 0.193 e. The minimum absolute atomic E-state index is 0.0139. The van der Waals surface area contributed by atoms with Gasteiger partial charge in [0.05, 0.1) is 31.7 Å². The topological polar surface area (TPSA) is 75.8 Å². The molecule has 0 radical (unpaired) electrons. The van der Waals surface area contributed by atoms with Crippen LogP contribution < -0.4 is 15.6 Å². The first-order valence-corrected chi connectivity index (χ1v) is 9.99. The van der Waals surface area contributed by atoms with Crippen LogP contribution in [-0.4, -0.2) is 36.1 Å². The Bertz CT molecular complexity index is 1240. The molecule has 0 spiro atoms. The lowest BCUT2D eigenvalue weighted by molar-refractivity contribution is -0.655. The van der Waals surface area contributed by atoms with Gasteiger partial charge in [0.1, 0.15) is 17.0 Å². The lowest BCUT2D eigenvalue weighted by Gasteiger charge is -2.26. The summed E-state index contributed by atoms with van der Waals surface area (Å²) in [6, 6.07) is 11.5. The Balaban J connectivity index is 1.76. The molecule has 2 N–H and O–H groups in total. The minimum atomic E-state index is -0.0139. The molecule has 146 valence electrons. The molecule has 1 saturated heterocycles. The molecule has 0 saturated carbocycles. The van der Waals surface area contributed by atoms with Crippen molar-refractivity contribution in [3.8, 4) is 22.6 Å². The van der Waals surface area contributed by atoms with Gasteiger partial charge >= 0.3 is 0 Å². The van der Waals surface area contributed by atoms with Crippen molar-refractivity contribution >= 4 is 16.9 Å². The highest BCUT2D eigenvalue weighted by Crippen LogP contribution is 2.36. The van der Waals surface area contributed by atoms with Crippen LogP contribution in [0.3, 0.4) is 0 Å². The van der Waals surface area contributed by atoms with Gasteiger partial charge in [-0.3, -0.25) is 4.79 Å². The number of anilines is 1. The van der Waals surface area contributed by atoms with Gasteiger partial charge in [-0.15, -0.1) is 0 Å². The van der Waals surface area contributed by atoms with Crippen molar-refractivity contribution in [2.24, 2.45) is 0 Å². The Morgan fingerprint density at radius 1 is 1.07 bits per heavy atom. The molecule has 6 nitrogen and oxygen atoms in total. The zero-order valence-corrected chi connectivity index (χ0v) is 16.6. The predicted octanol–water partition coefficient (Wildman–Crippen LogP) is 2.36. The van der Waals surface area contributed by atoms with Crippen LogP contribution in [0.1, 0.15) is 11.1 Å². The summed E-state index contributed by atoms with van der Waals surface area (Å²) >= 11 is 0. The van der Waals surface area contributed by atoms with Crippen LogP contribution >= 0.6 is 0 Å². The van der Waals surface area contributed by atoms with Crippen LogP contribution in [0.5, 0.6) is 0 Å². The summed E-state index contributed by atoms with van der Waals surface area (Å²) in [5, 5.41) is 2.31. The lowest BCUT2D eigenvalue weighted by atomic mass is 9.94. The standard InChI is InChI=1S/C23H22N4O2/c1-14-15(2)22(28)20(23-21(14)26-17-5-3-4-6-18(17)29-23)16-7-8-25-19(13-16)27-11-9-24-10-12-27/h3-8,13,24H,9-12H2,1-2H3/p+1. The summed E-state index contributed by atoms with van der Waals surface area (Å²) in [4.78, 5) is 24.9. The van der Waals surface area contributed by atoms with Crippen molar-refractivity contribution in [3.05, 3.63) is 63.9 Å². The van der Waals surface area contributed by atoms with Crippen LogP contribution in [-0.2, 0) is 0 Å². The van der Waals surface area contributed by atoms with Crippen LogP contribution in [0, 0.1) is 13.8 Å². The Labute approximate surface area is 168 Å². The number of aromatic nitrogens is 2. The number of benzene rings is 2. The minimum Gasteiger partial charge on any atom is -0.452 e. The number of nitrogens with two attached hydrogens (primary N) is 1. The number of fused-ring (bicyclic) bond motifs is 2. The monoisotopic (exact) mass is 387 g/mol. The van der Waals surface area contributed by atoms with E-state index in [0.29, 0.717) is 22.5 Å². The third-order valence-corrected chi connectivity index (χ3v) is 5.80. The summed E-state index contributed by atoms with van der Waals surface area (Å²) < 4.78 is 6.23. The van der Waals surface area contributed by atoms with Gasteiger partial charge in [-0.1, -0.05) is 12.1 Å². The van der Waals surface area contributed by atoms with Crippen LogP contribution in [0.2, 0.25) is 0 Å². The SMILES string of the molecule is Cc1c2nc3ccccc3oc-2c(-c2ccnc(N3CC[NH2+]CC3)c2)c(=O)c1C.